The van der Waals surface area contributed by atoms with Crippen molar-refractivity contribution in [1.29, 1.82) is 0 Å². The largest absolute Gasteiger partial charge is 0.481 e. The third-order valence-electron chi connectivity index (χ3n) is 6.91. The molecule has 37 heavy (non-hydrogen) atoms. The molecule has 0 aromatic carbocycles. The highest BCUT2D eigenvalue weighted by Gasteiger charge is 2.52. The van der Waals surface area contributed by atoms with E-state index >= 15 is 0 Å². The van der Waals surface area contributed by atoms with E-state index in [1.54, 1.807) is 0 Å². The molecule has 0 aliphatic heterocycles. The number of aldehydes is 1. The van der Waals surface area contributed by atoms with Crippen LogP contribution in [-0.4, -0.2) is 92.2 Å². The maximum absolute atomic E-state index is 12.4. The molecule has 0 spiro atoms. The lowest BCUT2D eigenvalue weighted by Gasteiger charge is -2.47. The van der Waals surface area contributed by atoms with E-state index in [0.717, 1.165) is 0 Å². The number of amides is 2. The van der Waals surface area contributed by atoms with Crippen LogP contribution < -0.4 is 16.4 Å². The molecule has 8 N–H and O–H groups in total. The summed E-state index contributed by atoms with van der Waals surface area (Å²) in [5, 5.41) is 42.9. The van der Waals surface area contributed by atoms with Crippen molar-refractivity contribution in [3.63, 3.8) is 0 Å². The Labute approximate surface area is 218 Å². The van der Waals surface area contributed by atoms with E-state index in [0.29, 0.717) is 31.3 Å². The zero-order chi connectivity index (χ0) is 28.3. The quantitative estimate of drug-likeness (QED) is 0.0938. The monoisotopic (exact) mass is 547 g/mol. The molecule has 0 unspecified atom stereocenters. The number of rotatable bonds is 16. The van der Waals surface area contributed by atoms with Gasteiger partial charge in [0.15, 0.2) is 6.29 Å². The van der Waals surface area contributed by atoms with Crippen molar-refractivity contribution < 1.29 is 49.2 Å². The van der Waals surface area contributed by atoms with Crippen molar-refractivity contribution in [2.75, 3.05) is 18.1 Å². The van der Waals surface area contributed by atoms with Crippen molar-refractivity contribution in [3.8, 4) is 0 Å². The second-order valence-electron chi connectivity index (χ2n) is 9.48. The first-order chi connectivity index (χ1) is 17.2. The Kier molecular flexibility index (Phi) is 13.0. The van der Waals surface area contributed by atoms with Crippen LogP contribution in [0.5, 0.6) is 0 Å². The molecule has 1 fully saturated rings. The molecule has 1 saturated carbocycles. The minimum Gasteiger partial charge on any atom is -0.481 e. The predicted molar refractivity (Wildman–Crippen MR) is 133 cm³/mol. The smallest absolute Gasteiger partial charge is 0.322 e. The second kappa shape index (κ2) is 14.9. The number of hydrogen-bond acceptors (Lipinski definition) is 9. The van der Waals surface area contributed by atoms with Crippen LogP contribution in [0.4, 0.5) is 0 Å². The van der Waals surface area contributed by atoms with Crippen LogP contribution >= 0.6 is 11.8 Å². The molecule has 7 atom stereocenters. The number of aliphatic carboxylic acids is 3. The van der Waals surface area contributed by atoms with E-state index in [2.05, 4.69) is 10.6 Å². The maximum atomic E-state index is 12.4. The van der Waals surface area contributed by atoms with Gasteiger partial charge in [-0.3, -0.25) is 24.0 Å². The molecule has 2 amide bonds. The van der Waals surface area contributed by atoms with Gasteiger partial charge in [-0.25, -0.2) is 0 Å². The van der Waals surface area contributed by atoms with Gasteiger partial charge in [0.25, 0.3) is 0 Å². The molecule has 1 aliphatic carbocycles. The number of carboxylic acid groups (broad SMARTS) is 3. The molecule has 0 bridgehead atoms. The van der Waals surface area contributed by atoms with Gasteiger partial charge in [0.05, 0.1) is 5.92 Å². The Morgan fingerprint density at radius 3 is 2.32 bits per heavy atom. The Morgan fingerprint density at radius 2 is 1.78 bits per heavy atom. The Morgan fingerprint density at radius 1 is 1.14 bits per heavy atom. The molecular formula is C23H37N3O10S. The lowest BCUT2D eigenvalue weighted by molar-refractivity contribution is -0.165. The lowest BCUT2D eigenvalue weighted by Crippen LogP contribution is -2.55. The van der Waals surface area contributed by atoms with E-state index in [-0.39, 0.29) is 24.5 Å². The second-order valence-corrected chi connectivity index (χ2v) is 10.6. The van der Waals surface area contributed by atoms with Crippen LogP contribution in [0.3, 0.4) is 0 Å². The normalized spacial score (nSPS) is 25.8. The summed E-state index contributed by atoms with van der Waals surface area (Å²) in [5.74, 6) is -6.82. The average molecular weight is 548 g/mol. The van der Waals surface area contributed by atoms with Crippen LogP contribution in [0, 0.1) is 23.7 Å². The highest BCUT2D eigenvalue weighted by atomic mass is 32.2. The van der Waals surface area contributed by atoms with Crippen molar-refractivity contribution in [1.82, 2.24) is 10.6 Å². The van der Waals surface area contributed by atoms with Gasteiger partial charge in [0.2, 0.25) is 11.8 Å². The fourth-order valence-electron chi connectivity index (χ4n) is 4.68. The maximum Gasteiger partial charge on any atom is 0.322 e. The van der Waals surface area contributed by atoms with Gasteiger partial charge in [0.1, 0.15) is 24.2 Å². The summed E-state index contributed by atoms with van der Waals surface area (Å²) in [5.41, 5.74) is 3.57. The number of hydrogen-bond donors (Lipinski definition) is 7. The number of nitrogens with one attached hydrogen (secondary N) is 2. The Bertz CT molecular complexity index is 857. The van der Waals surface area contributed by atoms with E-state index in [1.165, 1.54) is 18.7 Å². The fourth-order valence-corrected chi connectivity index (χ4v) is 5.73. The van der Waals surface area contributed by atoms with Crippen LogP contribution in [0.1, 0.15) is 46.0 Å². The number of carbonyl (C=O) groups excluding carboxylic acids is 3. The van der Waals surface area contributed by atoms with Crippen LogP contribution in [0.2, 0.25) is 0 Å². The van der Waals surface area contributed by atoms with E-state index in [4.69, 9.17) is 15.9 Å². The molecule has 210 valence electrons. The summed E-state index contributed by atoms with van der Waals surface area (Å²) < 4.78 is 0. The molecule has 14 heteroatoms. The molecule has 1 aliphatic rings. The zero-order valence-electron chi connectivity index (χ0n) is 20.9. The first kappa shape index (κ1) is 32.3. The van der Waals surface area contributed by atoms with E-state index in [1.807, 2.05) is 6.92 Å². The summed E-state index contributed by atoms with van der Waals surface area (Å²) in [7, 11) is 0. The molecule has 0 saturated heterocycles. The third-order valence-corrected chi connectivity index (χ3v) is 8.01. The average Bonchev–Trinajstić information content (AvgIpc) is 2.83. The minimum absolute atomic E-state index is 0.0394. The molecule has 0 radical (unpaired) electrons. The van der Waals surface area contributed by atoms with Gasteiger partial charge >= 0.3 is 17.9 Å². The zero-order valence-corrected chi connectivity index (χ0v) is 21.7. The number of carbonyl (C=O) groups is 6. The van der Waals surface area contributed by atoms with E-state index in [9.17, 15) is 39.0 Å². The number of nitrogens with two attached hydrogens (primary N) is 1. The molecule has 1 rings (SSSR count). The number of thioether (sulfide) groups is 1. The Balaban J connectivity index is 2.82. The third kappa shape index (κ3) is 9.59. The van der Waals surface area contributed by atoms with Gasteiger partial charge in [-0.15, -0.1) is 0 Å². The molecular weight excluding hydrogens is 510 g/mol. The molecule has 0 heterocycles. The molecule has 0 aromatic rings. The standard InChI is InChI=1S/C23H37N3O10S/c1-12-3-4-15(13(2)21(32)33)23(36,11-27)14(12)7-8-37-10-17(20(31)25-9-19(29)30)26-18(28)6-5-16(24)22(34)35/h11-17,36H,3-10,24H2,1-2H3,(H,25,31)(H,26,28)(H,29,30)(H,32,33)(H,34,35)/t12-,13-,14+,15+,16+,17+,23-/m1/s1. The molecule has 13 nitrogen and oxygen atoms in total. The first-order valence-corrected chi connectivity index (χ1v) is 13.2. The van der Waals surface area contributed by atoms with Crippen molar-refractivity contribution in [3.05, 3.63) is 0 Å². The highest BCUT2D eigenvalue weighted by Crippen LogP contribution is 2.46. The number of carboxylic acids is 3. The van der Waals surface area contributed by atoms with Crippen molar-refractivity contribution in [2.24, 2.45) is 29.4 Å². The minimum atomic E-state index is -1.81. The van der Waals surface area contributed by atoms with E-state index < -0.39 is 71.7 Å². The lowest BCUT2D eigenvalue weighted by atomic mass is 9.60. The van der Waals surface area contributed by atoms with Gasteiger partial charge in [-0.05, 0) is 43.3 Å². The molecule has 0 aromatic heterocycles. The summed E-state index contributed by atoms with van der Waals surface area (Å²) in [6.45, 7) is 2.69. The van der Waals surface area contributed by atoms with Gasteiger partial charge in [0, 0.05) is 18.1 Å². The van der Waals surface area contributed by atoms with Crippen LogP contribution in [0.15, 0.2) is 0 Å². The number of aliphatic hydroxyl groups is 1. The summed E-state index contributed by atoms with van der Waals surface area (Å²) >= 11 is 1.23. The Hall–Kier alpha value is -2.71. The SMILES string of the molecule is C[C@@H]1CC[C@@H]([C@@H](C)C(=O)O)[C@@](O)(C=O)[C@H]1CCSC[C@H](NC(=O)CC[C@H](N)C(=O)O)C(=O)NCC(=O)O. The van der Waals surface area contributed by atoms with Gasteiger partial charge in [-0.2, -0.15) is 11.8 Å². The van der Waals surface area contributed by atoms with Gasteiger partial charge < -0.3 is 41.6 Å². The van der Waals surface area contributed by atoms with Crippen molar-refractivity contribution >= 4 is 47.8 Å². The predicted octanol–water partition coefficient (Wildman–Crippen LogP) is -0.700. The van der Waals surface area contributed by atoms with Crippen LogP contribution in [-0.2, 0) is 28.8 Å². The summed E-state index contributed by atoms with van der Waals surface area (Å²) in [4.78, 5) is 69.8. The first-order valence-electron chi connectivity index (χ1n) is 12.0. The van der Waals surface area contributed by atoms with Crippen LogP contribution in [0.25, 0.3) is 0 Å². The summed E-state index contributed by atoms with van der Waals surface area (Å²) in [6.07, 6.45) is 1.41. The summed E-state index contributed by atoms with van der Waals surface area (Å²) in [6, 6.07) is -2.37. The fraction of sp³-hybridized carbons (Fsp3) is 0.739. The van der Waals surface area contributed by atoms with Crippen molar-refractivity contribution in [2.45, 2.75) is 63.6 Å². The topological polar surface area (TPSA) is 233 Å². The van der Waals surface area contributed by atoms with Gasteiger partial charge in [-0.1, -0.05) is 13.8 Å². The highest BCUT2D eigenvalue weighted by molar-refractivity contribution is 7.99.